The van der Waals surface area contributed by atoms with Gasteiger partial charge in [-0.05, 0) is 164 Å². The molecule has 0 heterocycles. The Bertz CT molecular complexity index is 3250. The molecule has 0 unspecified atom stereocenters. The highest BCUT2D eigenvalue weighted by atomic mass is 15.1. The van der Waals surface area contributed by atoms with Crippen molar-refractivity contribution in [3.8, 4) is 55.6 Å². The molecule has 8 aromatic rings. The normalized spacial score (nSPS) is 13.7. The molecule has 1 nitrogen and oxygen atoms in total. The van der Waals surface area contributed by atoms with Crippen LogP contribution in [0.25, 0.3) is 55.6 Å². The number of fused-ring (bicyclic) bond motifs is 3. The van der Waals surface area contributed by atoms with Gasteiger partial charge >= 0.3 is 0 Å². The molecule has 8 aromatic carbocycles. The minimum Gasteiger partial charge on any atom is -0.310 e. The van der Waals surface area contributed by atoms with E-state index >= 15 is 0 Å². The summed E-state index contributed by atoms with van der Waals surface area (Å²) in [7, 11) is 0. The SMILES string of the molecule is CC(C)(C)c1ccc(-c2ccc(N(c3cc(-c4ccc(-c5cc(-c6cc(C(C)(C)C)cc(C(C)(C)C)c6)cc(C(C)(C)C)c5)cc4)cc(C(C)(C)C)c3)c3ccc4c(c3)C(C)(C)c3ccccc3-4)cc2)cc1. The highest BCUT2D eigenvalue weighted by Gasteiger charge is 2.36. The van der Waals surface area contributed by atoms with Crippen LogP contribution in [0.15, 0.2) is 170 Å². The molecule has 0 N–H and O–H groups in total. The number of anilines is 3. The summed E-state index contributed by atoms with van der Waals surface area (Å²) in [6, 6.07) is 65.5. The summed E-state index contributed by atoms with van der Waals surface area (Å²) in [5.41, 5.74) is 25.3. The molecule has 0 spiro atoms. The van der Waals surface area contributed by atoms with E-state index in [-0.39, 0.29) is 32.5 Å². The third-order valence-electron chi connectivity index (χ3n) is 15.4. The molecule has 72 heavy (non-hydrogen) atoms. The summed E-state index contributed by atoms with van der Waals surface area (Å²) in [6.45, 7) is 39.5. The van der Waals surface area contributed by atoms with Crippen molar-refractivity contribution in [3.05, 3.63) is 209 Å². The first-order chi connectivity index (χ1) is 33.6. The van der Waals surface area contributed by atoms with Crippen LogP contribution < -0.4 is 4.90 Å². The lowest BCUT2D eigenvalue weighted by Crippen LogP contribution is -2.17. The lowest BCUT2D eigenvalue weighted by atomic mass is 9.78. The van der Waals surface area contributed by atoms with Gasteiger partial charge in [0.2, 0.25) is 0 Å². The third-order valence-corrected chi connectivity index (χ3v) is 15.4. The lowest BCUT2D eigenvalue weighted by molar-refractivity contribution is 0.569. The first-order valence-corrected chi connectivity index (χ1v) is 26.4. The molecule has 0 aliphatic heterocycles. The fraction of sp³-hybridized carbons (Fsp3) is 0.324. The van der Waals surface area contributed by atoms with Crippen LogP contribution in [-0.2, 0) is 32.5 Å². The van der Waals surface area contributed by atoms with E-state index in [4.69, 9.17) is 0 Å². The largest absolute Gasteiger partial charge is 0.310 e. The van der Waals surface area contributed by atoms with Crippen LogP contribution in [0.2, 0.25) is 0 Å². The molecule has 1 aliphatic rings. The van der Waals surface area contributed by atoms with E-state index in [1.165, 1.54) is 94.6 Å². The van der Waals surface area contributed by atoms with Crippen molar-refractivity contribution >= 4 is 17.1 Å². The number of hydrogen-bond acceptors (Lipinski definition) is 1. The second-order valence-electron chi connectivity index (χ2n) is 26.6. The van der Waals surface area contributed by atoms with Crippen molar-refractivity contribution in [2.24, 2.45) is 0 Å². The third kappa shape index (κ3) is 10.0. The monoisotopic (exact) mass is 946 g/mol. The molecule has 0 bridgehead atoms. The molecule has 0 amide bonds. The van der Waals surface area contributed by atoms with E-state index in [9.17, 15) is 0 Å². The predicted molar refractivity (Wildman–Crippen MR) is 314 cm³/mol. The molecular formula is C71H79N. The standard InChI is InChI=1S/C71H79N/c1-66(2,3)54-30-26-46(27-31-54)47-28-32-59(33-29-47)72(60-34-35-63-62-20-18-19-21-64(62)71(16,17)65(63)45-60)61-42-53(41-58(44-61)70(13,14)15)49-24-22-48(23-25-49)50-36-51(38-55(37-50)67(4,5)6)52-39-56(68(7,8)9)43-57(40-52)69(10,11)12/h18-45H,1-17H3. The van der Waals surface area contributed by atoms with Crippen molar-refractivity contribution in [2.45, 2.75) is 150 Å². The molecule has 1 heteroatoms. The van der Waals surface area contributed by atoms with Crippen molar-refractivity contribution in [3.63, 3.8) is 0 Å². The molecular weight excluding hydrogens is 867 g/mol. The van der Waals surface area contributed by atoms with Gasteiger partial charge in [0.1, 0.15) is 0 Å². The van der Waals surface area contributed by atoms with Gasteiger partial charge in [-0.15, -0.1) is 0 Å². The second-order valence-corrected chi connectivity index (χ2v) is 26.6. The molecule has 0 atom stereocenters. The smallest absolute Gasteiger partial charge is 0.0470 e. The average Bonchev–Trinajstić information content (AvgIpc) is 3.55. The second kappa shape index (κ2) is 17.9. The highest BCUT2D eigenvalue weighted by molar-refractivity contribution is 5.87. The van der Waals surface area contributed by atoms with Gasteiger partial charge in [0, 0.05) is 22.5 Å². The average molecular weight is 946 g/mol. The maximum Gasteiger partial charge on any atom is 0.0470 e. The van der Waals surface area contributed by atoms with Crippen LogP contribution in [0.3, 0.4) is 0 Å². The van der Waals surface area contributed by atoms with Gasteiger partial charge in [-0.3, -0.25) is 0 Å². The Balaban J connectivity index is 1.16. The summed E-state index contributed by atoms with van der Waals surface area (Å²) in [4.78, 5) is 2.48. The van der Waals surface area contributed by atoms with E-state index in [1.807, 2.05) is 0 Å². The Hall–Kier alpha value is -6.44. The summed E-state index contributed by atoms with van der Waals surface area (Å²) >= 11 is 0. The Kier molecular flexibility index (Phi) is 12.6. The van der Waals surface area contributed by atoms with E-state index in [1.54, 1.807) is 0 Å². The van der Waals surface area contributed by atoms with Gasteiger partial charge in [0.05, 0.1) is 0 Å². The van der Waals surface area contributed by atoms with Gasteiger partial charge in [0.15, 0.2) is 0 Å². The number of nitrogens with zero attached hydrogens (tertiary/aromatic N) is 1. The highest BCUT2D eigenvalue weighted by Crippen LogP contribution is 2.51. The van der Waals surface area contributed by atoms with Gasteiger partial charge in [-0.2, -0.15) is 0 Å². The number of benzene rings is 8. The number of hydrogen-bond donors (Lipinski definition) is 0. The molecule has 0 aromatic heterocycles. The van der Waals surface area contributed by atoms with Gasteiger partial charge in [-0.25, -0.2) is 0 Å². The van der Waals surface area contributed by atoms with Crippen molar-refractivity contribution in [2.75, 3.05) is 4.90 Å². The van der Waals surface area contributed by atoms with Crippen LogP contribution in [0.1, 0.15) is 157 Å². The van der Waals surface area contributed by atoms with E-state index in [0.717, 1.165) is 17.1 Å². The quantitative estimate of drug-likeness (QED) is 0.154. The minimum absolute atomic E-state index is 0.0224. The summed E-state index contributed by atoms with van der Waals surface area (Å²) < 4.78 is 0. The maximum absolute atomic E-state index is 2.48. The van der Waals surface area contributed by atoms with Gasteiger partial charge in [0.25, 0.3) is 0 Å². The zero-order valence-electron chi connectivity index (χ0n) is 46.6. The molecule has 0 saturated carbocycles. The zero-order valence-corrected chi connectivity index (χ0v) is 46.6. The van der Waals surface area contributed by atoms with Crippen LogP contribution in [0.4, 0.5) is 17.1 Å². The summed E-state index contributed by atoms with van der Waals surface area (Å²) in [6.07, 6.45) is 0. The number of rotatable bonds is 7. The minimum atomic E-state index is -0.129. The lowest BCUT2D eigenvalue weighted by Gasteiger charge is -2.30. The first kappa shape index (κ1) is 50.5. The first-order valence-electron chi connectivity index (χ1n) is 26.4. The topological polar surface area (TPSA) is 3.24 Å². The zero-order chi connectivity index (χ0) is 51.9. The van der Waals surface area contributed by atoms with Crippen LogP contribution in [0.5, 0.6) is 0 Å². The molecule has 0 fully saturated rings. The van der Waals surface area contributed by atoms with Gasteiger partial charge < -0.3 is 4.90 Å². The van der Waals surface area contributed by atoms with E-state index < -0.39 is 0 Å². The fourth-order valence-electron chi connectivity index (χ4n) is 10.5. The summed E-state index contributed by atoms with van der Waals surface area (Å²) in [5, 5.41) is 0. The van der Waals surface area contributed by atoms with Crippen LogP contribution in [0, 0.1) is 0 Å². The predicted octanol–water partition coefficient (Wildman–Crippen LogP) is 20.6. The Morgan fingerprint density at radius 1 is 0.264 bits per heavy atom. The molecule has 9 rings (SSSR count). The Labute approximate surface area is 434 Å². The van der Waals surface area contributed by atoms with Gasteiger partial charge in [-0.1, -0.05) is 245 Å². The van der Waals surface area contributed by atoms with Crippen molar-refractivity contribution in [1.82, 2.24) is 0 Å². The van der Waals surface area contributed by atoms with Crippen LogP contribution in [-0.4, -0.2) is 0 Å². The van der Waals surface area contributed by atoms with Crippen molar-refractivity contribution in [1.29, 1.82) is 0 Å². The molecule has 0 radical (unpaired) electrons. The Morgan fingerprint density at radius 3 is 1.12 bits per heavy atom. The fourth-order valence-corrected chi connectivity index (χ4v) is 10.5. The summed E-state index contributed by atoms with van der Waals surface area (Å²) in [5.74, 6) is 0. The molecule has 368 valence electrons. The molecule has 1 aliphatic carbocycles. The van der Waals surface area contributed by atoms with Crippen molar-refractivity contribution < 1.29 is 0 Å². The maximum atomic E-state index is 2.48. The van der Waals surface area contributed by atoms with E-state index in [0.29, 0.717) is 0 Å². The Morgan fingerprint density at radius 2 is 0.625 bits per heavy atom. The molecule has 0 saturated heterocycles. The van der Waals surface area contributed by atoms with E-state index in [2.05, 4.69) is 292 Å². The van der Waals surface area contributed by atoms with Crippen LogP contribution >= 0.6 is 0 Å².